The minimum atomic E-state index is -0.0510. The number of halogens is 2. The monoisotopic (exact) mass is 318 g/mol. The van der Waals surface area contributed by atoms with E-state index in [1.165, 1.54) is 11.8 Å². The van der Waals surface area contributed by atoms with Crippen LogP contribution in [0.4, 0.5) is 0 Å². The molecule has 1 amide bonds. The normalized spacial score (nSPS) is 18.9. The van der Waals surface area contributed by atoms with E-state index in [9.17, 15) is 4.79 Å². The molecule has 2 rings (SSSR count). The lowest BCUT2D eigenvalue weighted by molar-refractivity contribution is 0.0741. The Morgan fingerprint density at radius 2 is 2.21 bits per heavy atom. The molecule has 0 bridgehead atoms. The summed E-state index contributed by atoms with van der Waals surface area (Å²) in [4.78, 5) is 15.2. The highest BCUT2D eigenvalue weighted by molar-refractivity contribution is 7.98. The molecule has 1 heterocycles. The Bertz CT molecular complexity index is 496. The zero-order chi connectivity index (χ0) is 14.0. The van der Waals surface area contributed by atoms with Gasteiger partial charge < -0.3 is 10.6 Å². The van der Waals surface area contributed by atoms with Crippen LogP contribution in [0.3, 0.4) is 0 Å². The van der Waals surface area contributed by atoms with Gasteiger partial charge in [0.2, 0.25) is 0 Å². The summed E-state index contributed by atoms with van der Waals surface area (Å²) >= 11 is 13.7. The molecule has 1 fully saturated rings. The first-order chi connectivity index (χ1) is 9.08. The molecule has 0 saturated carbocycles. The van der Waals surface area contributed by atoms with Gasteiger partial charge in [0.1, 0.15) is 0 Å². The highest BCUT2D eigenvalue weighted by Crippen LogP contribution is 2.32. The summed E-state index contributed by atoms with van der Waals surface area (Å²) in [6, 6.07) is 3.52. The molecule has 0 spiro atoms. The van der Waals surface area contributed by atoms with Crippen LogP contribution in [0.1, 0.15) is 23.2 Å². The second kappa shape index (κ2) is 6.35. The minimum Gasteiger partial charge on any atom is -0.334 e. The molecule has 1 aromatic rings. The van der Waals surface area contributed by atoms with Gasteiger partial charge in [-0.3, -0.25) is 4.79 Å². The van der Waals surface area contributed by atoms with Gasteiger partial charge in [0.15, 0.2) is 0 Å². The number of thioether (sulfide) groups is 1. The molecule has 1 saturated heterocycles. The Hall–Kier alpha value is -0.420. The van der Waals surface area contributed by atoms with E-state index in [-0.39, 0.29) is 11.9 Å². The first-order valence-corrected chi connectivity index (χ1v) is 8.10. The van der Waals surface area contributed by atoms with Gasteiger partial charge in [-0.25, -0.2) is 0 Å². The van der Waals surface area contributed by atoms with Crippen LogP contribution in [0.25, 0.3) is 0 Å². The van der Waals surface area contributed by atoms with Crippen LogP contribution in [0.2, 0.25) is 10.0 Å². The molecular weight excluding hydrogens is 303 g/mol. The number of likely N-dealkylation sites (tertiary alicyclic amines) is 1. The second-order valence-electron chi connectivity index (χ2n) is 4.50. The molecular formula is C13H16Cl2N2OS. The lowest BCUT2D eigenvalue weighted by Crippen LogP contribution is -2.40. The summed E-state index contributed by atoms with van der Waals surface area (Å²) < 4.78 is 0. The Kier molecular flexibility index (Phi) is 5.01. The molecule has 0 aliphatic carbocycles. The molecule has 1 aliphatic rings. The van der Waals surface area contributed by atoms with Crippen molar-refractivity contribution in [2.24, 2.45) is 5.73 Å². The topological polar surface area (TPSA) is 46.3 Å². The number of hydrogen-bond donors (Lipinski definition) is 1. The maximum atomic E-state index is 12.6. The van der Waals surface area contributed by atoms with Gasteiger partial charge in [-0.1, -0.05) is 23.2 Å². The molecule has 6 heteroatoms. The predicted octanol–water partition coefficient (Wildman–Crippen LogP) is 3.28. The van der Waals surface area contributed by atoms with Crippen LogP contribution in [-0.2, 0) is 0 Å². The summed E-state index contributed by atoms with van der Waals surface area (Å²) in [7, 11) is 0. The number of rotatable bonds is 3. The smallest absolute Gasteiger partial charge is 0.255 e. The van der Waals surface area contributed by atoms with Gasteiger partial charge >= 0.3 is 0 Å². The van der Waals surface area contributed by atoms with Crippen LogP contribution < -0.4 is 5.73 Å². The van der Waals surface area contributed by atoms with Gasteiger partial charge in [0.25, 0.3) is 5.91 Å². The van der Waals surface area contributed by atoms with Gasteiger partial charge in [-0.05, 0) is 31.2 Å². The van der Waals surface area contributed by atoms with E-state index in [1.54, 1.807) is 12.1 Å². The predicted molar refractivity (Wildman–Crippen MR) is 81.4 cm³/mol. The largest absolute Gasteiger partial charge is 0.334 e. The fourth-order valence-electron chi connectivity index (χ4n) is 2.35. The average Bonchev–Trinajstić information content (AvgIpc) is 2.86. The Morgan fingerprint density at radius 3 is 2.84 bits per heavy atom. The summed E-state index contributed by atoms with van der Waals surface area (Å²) in [6.45, 7) is 1.24. The van der Waals surface area contributed by atoms with Gasteiger partial charge in [-0.2, -0.15) is 0 Å². The summed E-state index contributed by atoms with van der Waals surface area (Å²) in [5, 5.41) is 0.973. The van der Waals surface area contributed by atoms with E-state index in [4.69, 9.17) is 28.9 Å². The highest BCUT2D eigenvalue weighted by Gasteiger charge is 2.29. The van der Waals surface area contributed by atoms with E-state index in [0.717, 1.165) is 24.3 Å². The van der Waals surface area contributed by atoms with Crippen LogP contribution in [0, 0.1) is 0 Å². The number of nitrogens with two attached hydrogens (primary N) is 1. The van der Waals surface area contributed by atoms with Crippen molar-refractivity contribution >= 4 is 40.9 Å². The first-order valence-electron chi connectivity index (χ1n) is 6.12. The van der Waals surface area contributed by atoms with Crippen LogP contribution in [0.15, 0.2) is 17.0 Å². The Morgan fingerprint density at radius 1 is 1.47 bits per heavy atom. The zero-order valence-corrected chi connectivity index (χ0v) is 13.0. The number of hydrogen-bond acceptors (Lipinski definition) is 3. The van der Waals surface area contributed by atoms with Crippen molar-refractivity contribution in [1.29, 1.82) is 0 Å². The molecule has 2 N–H and O–H groups in total. The third kappa shape index (κ3) is 3.02. The number of nitrogens with zero attached hydrogens (tertiary/aromatic N) is 1. The molecule has 0 radical (unpaired) electrons. The van der Waals surface area contributed by atoms with E-state index in [1.807, 2.05) is 11.2 Å². The van der Waals surface area contributed by atoms with Crippen LogP contribution in [0.5, 0.6) is 0 Å². The number of carbonyl (C=O) groups excluding carboxylic acids is 1. The van der Waals surface area contributed by atoms with E-state index < -0.39 is 0 Å². The Balaban J connectivity index is 2.33. The molecule has 19 heavy (non-hydrogen) atoms. The molecule has 1 atom stereocenters. The fourth-order valence-corrected chi connectivity index (χ4v) is 3.54. The van der Waals surface area contributed by atoms with Crippen molar-refractivity contribution in [3.63, 3.8) is 0 Å². The maximum absolute atomic E-state index is 12.6. The minimum absolute atomic E-state index is 0.0510. The second-order valence-corrected chi connectivity index (χ2v) is 6.16. The third-order valence-corrected chi connectivity index (χ3v) is 4.90. The quantitative estimate of drug-likeness (QED) is 0.870. The summed E-state index contributed by atoms with van der Waals surface area (Å²) in [6.07, 6.45) is 3.87. The number of benzene rings is 1. The van der Waals surface area contributed by atoms with Crippen LogP contribution in [-0.4, -0.2) is 36.2 Å². The SMILES string of the molecule is CSc1cc(C(=O)N2CCCC2CN)c(Cl)cc1Cl. The third-order valence-electron chi connectivity index (χ3n) is 3.38. The van der Waals surface area contributed by atoms with Gasteiger partial charge in [-0.15, -0.1) is 11.8 Å². The maximum Gasteiger partial charge on any atom is 0.255 e. The summed E-state index contributed by atoms with van der Waals surface area (Å²) in [5.41, 5.74) is 6.22. The Labute approximate surface area is 127 Å². The van der Waals surface area contributed by atoms with E-state index in [2.05, 4.69) is 0 Å². The molecule has 1 aromatic carbocycles. The molecule has 0 aromatic heterocycles. The van der Waals surface area contributed by atoms with Crippen molar-refractivity contribution in [3.05, 3.63) is 27.7 Å². The zero-order valence-electron chi connectivity index (χ0n) is 10.7. The standard InChI is InChI=1S/C13H16Cl2N2OS/c1-19-12-5-9(10(14)6-11(12)15)13(18)17-4-2-3-8(17)7-16/h5-6,8H,2-4,7,16H2,1H3. The van der Waals surface area contributed by atoms with Crippen molar-refractivity contribution < 1.29 is 4.79 Å². The van der Waals surface area contributed by atoms with Gasteiger partial charge in [0.05, 0.1) is 15.6 Å². The van der Waals surface area contributed by atoms with Crippen molar-refractivity contribution in [1.82, 2.24) is 4.90 Å². The molecule has 104 valence electrons. The van der Waals surface area contributed by atoms with E-state index >= 15 is 0 Å². The molecule has 1 unspecified atom stereocenters. The number of amides is 1. The summed E-state index contributed by atoms with van der Waals surface area (Å²) in [5.74, 6) is -0.0510. The van der Waals surface area contributed by atoms with Crippen LogP contribution >= 0.6 is 35.0 Å². The van der Waals surface area contributed by atoms with Crippen molar-refractivity contribution in [2.45, 2.75) is 23.8 Å². The van der Waals surface area contributed by atoms with Gasteiger partial charge in [0, 0.05) is 24.0 Å². The van der Waals surface area contributed by atoms with E-state index in [0.29, 0.717) is 22.2 Å². The average molecular weight is 319 g/mol. The lowest BCUT2D eigenvalue weighted by atomic mass is 10.1. The van der Waals surface area contributed by atoms with Crippen molar-refractivity contribution in [3.8, 4) is 0 Å². The fraction of sp³-hybridized carbons (Fsp3) is 0.462. The first kappa shape index (κ1) is 15.0. The lowest BCUT2D eigenvalue weighted by Gasteiger charge is -2.24. The number of carbonyl (C=O) groups is 1. The molecule has 3 nitrogen and oxygen atoms in total. The highest BCUT2D eigenvalue weighted by atomic mass is 35.5. The molecule has 1 aliphatic heterocycles. The van der Waals surface area contributed by atoms with Crippen molar-refractivity contribution in [2.75, 3.05) is 19.3 Å².